The van der Waals surface area contributed by atoms with Crippen molar-refractivity contribution in [3.05, 3.63) is 59.2 Å². The molecule has 1 N–H and O–H groups in total. The van der Waals surface area contributed by atoms with Crippen LogP contribution in [0.5, 0.6) is 0 Å². The average molecular weight is 352 g/mol. The van der Waals surface area contributed by atoms with Gasteiger partial charge in [-0.1, -0.05) is 32.0 Å². The minimum absolute atomic E-state index is 0.0586. The van der Waals surface area contributed by atoms with Gasteiger partial charge in [0.1, 0.15) is 0 Å². The summed E-state index contributed by atoms with van der Waals surface area (Å²) in [5.74, 6) is 0.407. The normalized spacial score (nSPS) is 13.3. The van der Waals surface area contributed by atoms with Crippen molar-refractivity contribution in [3.8, 4) is 0 Å². The Balaban J connectivity index is 1.88. The number of rotatable bonds is 3. The van der Waals surface area contributed by atoms with Crippen molar-refractivity contribution in [2.75, 3.05) is 23.9 Å². The molecule has 2 amide bonds. The van der Waals surface area contributed by atoms with Crippen LogP contribution in [-0.2, 0) is 11.2 Å². The summed E-state index contributed by atoms with van der Waals surface area (Å²) in [7, 11) is 1.31. The van der Waals surface area contributed by atoms with Crippen molar-refractivity contribution in [1.82, 2.24) is 0 Å². The summed E-state index contributed by atoms with van der Waals surface area (Å²) < 4.78 is 4.60. The zero-order chi connectivity index (χ0) is 18.7. The Kier molecular flexibility index (Phi) is 5.26. The van der Waals surface area contributed by atoms with E-state index >= 15 is 0 Å². The lowest BCUT2D eigenvalue weighted by molar-refractivity contribution is 0.0985. The molecule has 5 heteroatoms. The van der Waals surface area contributed by atoms with Gasteiger partial charge >= 0.3 is 6.09 Å². The van der Waals surface area contributed by atoms with Crippen LogP contribution in [0.25, 0.3) is 0 Å². The fraction of sp³-hybridized carbons (Fsp3) is 0.333. The van der Waals surface area contributed by atoms with E-state index in [1.165, 1.54) is 18.2 Å². The van der Waals surface area contributed by atoms with Crippen molar-refractivity contribution in [3.63, 3.8) is 0 Å². The van der Waals surface area contributed by atoms with Crippen LogP contribution in [-0.4, -0.2) is 25.7 Å². The molecule has 0 unspecified atom stereocenters. The lowest BCUT2D eigenvalue weighted by Crippen LogP contribution is -2.35. The maximum absolute atomic E-state index is 13.1. The molecule has 0 aliphatic carbocycles. The number of carbonyl (C=O) groups is 2. The first-order chi connectivity index (χ1) is 12.5. The molecule has 0 spiro atoms. The number of benzene rings is 2. The van der Waals surface area contributed by atoms with Crippen molar-refractivity contribution in [2.45, 2.75) is 32.6 Å². The molecule has 3 rings (SSSR count). The molecule has 1 heterocycles. The molecule has 2 aromatic rings. The molecule has 2 aromatic carbocycles. The van der Waals surface area contributed by atoms with E-state index in [4.69, 9.17) is 0 Å². The number of ether oxygens (including phenoxy) is 1. The SMILES string of the molecule is COC(=O)Nc1cccc(C(=O)N2CCCc3cc(C(C)C)ccc32)c1. The monoisotopic (exact) mass is 352 g/mol. The average Bonchev–Trinajstić information content (AvgIpc) is 2.66. The van der Waals surface area contributed by atoms with Crippen LogP contribution in [0.15, 0.2) is 42.5 Å². The van der Waals surface area contributed by atoms with E-state index in [9.17, 15) is 9.59 Å². The second-order valence-electron chi connectivity index (χ2n) is 6.80. The summed E-state index contributed by atoms with van der Waals surface area (Å²) >= 11 is 0. The Hall–Kier alpha value is -2.82. The van der Waals surface area contributed by atoms with Gasteiger partial charge in [0.2, 0.25) is 0 Å². The molecule has 0 saturated heterocycles. The predicted molar refractivity (Wildman–Crippen MR) is 103 cm³/mol. The molecule has 5 nitrogen and oxygen atoms in total. The molecule has 0 bridgehead atoms. The Bertz CT molecular complexity index is 830. The number of fused-ring (bicyclic) bond motifs is 1. The quantitative estimate of drug-likeness (QED) is 0.879. The van der Waals surface area contributed by atoms with Crippen molar-refractivity contribution >= 4 is 23.4 Å². The van der Waals surface area contributed by atoms with Gasteiger partial charge in [-0.15, -0.1) is 0 Å². The van der Waals surface area contributed by atoms with Gasteiger partial charge in [0.25, 0.3) is 5.91 Å². The summed E-state index contributed by atoms with van der Waals surface area (Å²) in [6, 6.07) is 13.3. The molecule has 0 saturated carbocycles. The molecule has 0 atom stereocenters. The highest BCUT2D eigenvalue weighted by molar-refractivity contribution is 6.07. The van der Waals surface area contributed by atoms with Gasteiger partial charge < -0.3 is 9.64 Å². The maximum Gasteiger partial charge on any atom is 0.411 e. The van der Waals surface area contributed by atoms with E-state index < -0.39 is 6.09 Å². The Labute approximate surface area is 154 Å². The number of hydrogen-bond acceptors (Lipinski definition) is 3. The molecule has 1 aliphatic rings. The molecular weight excluding hydrogens is 328 g/mol. The molecule has 0 aromatic heterocycles. The van der Waals surface area contributed by atoms with E-state index in [1.807, 2.05) is 4.90 Å². The third kappa shape index (κ3) is 3.72. The highest BCUT2D eigenvalue weighted by Crippen LogP contribution is 2.31. The number of nitrogens with one attached hydrogen (secondary N) is 1. The van der Waals surface area contributed by atoms with Crippen molar-refractivity contribution in [1.29, 1.82) is 0 Å². The van der Waals surface area contributed by atoms with Crippen LogP contribution in [0, 0.1) is 0 Å². The Morgan fingerprint density at radius 2 is 1.96 bits per heavy atom. The van der Waals surface area contributed by atoms with Crippen LogP contribution in [0.4, 0.5) is 16.2 Å². The second-order valence-corrected chi connectivity index (χ2v) is 6.80. The summed E-state index contributed by atoms with van der Waals surface area (Å²) in [6.07, 6.45) is 1.38. The largest absolute Gasteiger partial charge is 0.453 e. The third-order valence-corrected chi connectivity index (χ3v) is 4.68. The van der Waals surface area contributed by atoms with E-state index in [2.05, 4.69) is 42.1 Å². The van der Waals surface area contributed by atoms with E-state index in [-0.39, 0.29) is 5.91 Å². The zero-order valence-corrected chi connectivity index (χ0v) is 15.4. The van der Waals surface area contributed by atoms with Crippen LogP contribution >= 0.6 is 0 Å². The lowest BCUT2D eigenvalue weighted by atomic mass is 9.94. The number of amides is 2. The first-order valence-electron chi connectivity index (χ1n) is 8.89. The zero-order valence-electron chi connectivity index (χ0n) is 15.4. The van der Waals surface area contributed by atoms with Gasteiger partial charge in [-0.3, -0.25) is 10.1 Å². The van der Waals surface area contributed by atoms with Gasteiger partial charge in [0.05, 0.1) is 7.11 Å². The lowest BCUT2D eigenvalue weighted by Gasteiger charge is -2.30. The van der Waals surface area contributed by atoms with Gasteiger partial charge in [0.15, 0.2) is 0 Å². The first-order valence-corrected chi connectivity index (χ1v) is 8.89. The fourth-order valence-electron chi connectivity index (χ4n) is 3.24. The van der Waals surface area contributed by atoms with E-state index in [0.29, 0.717) is 23.7 Å². The standard InChI is InChI=1S/C21H24N2O3/c1-14(2)15-9-10-19-16(12-15)7-5-11-23(19)20(24)17-6-4-8-18(13-17)22-21(25)26-3/h4,6,8-10,12-14H,5,7,11H2,1-3H3,(H,22,25). The number of methoxy groups -OCH3 is 1. The molecule has 26 heavy (non-hydrogen) atoms. The maximum atomic E-state index is 13.1. The van der Waals surface area contributed by atoms with Crippen LogP contribution in [0.2, 0.25) is 0 Å². The smallest absolute Gasteiger partial charge is 0.411 e. The van der Waals surface area contributed by atoms with E-state index in [0.717, 1.165) is 18.5 Å². The van der Waals surface area contributed by atoms with Crippen molar-refractivity contribution < 1.29 is 14.3 Å². The summed E-state index contributed by atoms with van der Waals surface area (Å²) in [5, 5.41) is 2.60. The van der Waals surface area contributed by atoms with Gasteiger partial charge in [0, 0.05) is 23.5 Å². The highest BCUT2D eigenvalue weighted by Gasteiger charge is 2.24. The number of carbonyl (C=O) groups excluding carboxylic acids is 2. The minimum Gasteiger partial charge on any atom is -0.453 e. The van der Waals surface area contributed by atoms with Gasteiger partial charge in [-0.2, -0.15) is 0 Å². The summed E-state index contributed by atoms with van der Waals surface area (Å²) in [5.41, 5.74) is 4.58. The third-order valence-electron chi connectivity index (χ3n) is 4.68. The second kappa shape index (κ2) is 7.60. The number of nitrogens with zero attached hydrogens (tertiary/aromatic N) is 1. The topological polar surface area (TPSA) is 58.6 Å². The van der Waals surface area contributed by atoms with Crippen LogP contribution in [0.3, 0.4) is 0 Å². The molecule has 0 fully saturated rings. The summed E-state index contributed by atoms with van der Waals surface area (Å²) in [6.45, 7) is 5.04. The molecular formula is C21H24N2O3. The fourth-order valence-corrected chi connectivity index (χ4v) is 3.24. The molecule has 1 aliphatic heterocycles. The summed E-state index contributed by atoms with van der Waals surface area (Å²) in [4.78, 5) is 26.3. The molecule has 136 valence electrons. The Morgan fingerprint density at radius 1 is 1.15 bits per heavy atom. The first kappa shape index (κ1) is 18.0. The minimum atomic E-state index is -0.556. The highest BCUT2D eigenvalue weighted by atomic mass is 16.5. The molecule has 0 radical (unpaired) electrons. The number of anilines is 2. The van der Waals surface area contributed by atoms with Crippen molar-refractivity contribution in [2.24, 2.45) is 0 Å². The van der Waals surface area contributed by atoms with Gasteiger partial charge in [-0.25, -0.2) is 4.79 Å². The van der Waals surface area contributed by atoms with Crippen LogP contribution < -0.4 is 10.2 Å². The van der Waals surface area contributed by atoms with Gasteiger partial charge in [-0.05, 0) is 54.2 Å². The van der Waals surface area contributed by atoms with Crippen LogP contribution in [0.1, 0.15) is 47.7 Å². The Morgan fingerprint density at radius 3 is 2.69 bits per heavy atom. The number of aryl methyl sites for hydroxylation is 1. The predicted octanol–water partition coefficient (Wildman–Crippen LogP) is 4.58. The number of hydrogen-bond donors (Lipinski definition) is 1. The van der Waals surface area contributed by atoms with E-state index in [1.54, 1.807) is 24.3 Å².